The van der Waals surface area contributed by atoms with E-state index in [0.717, 1.165) is 23.3 Å². The van der Waals surface area contributed by atoms with Gasteiger partial charge in [-0.3, -0.25) is 4.79 Å². The normalized spacial score (nSPS) is 21.5. The van der Waals surface area contributed by atoms with Gasteiger partial charge in [-0.2, -0.15) is 12.6 Å². The number of carbonyl (C=O) groups excluding carboxylic acids is 1. The van der Waals surface area contributed by atoms with Crippen LogP contribution in [0.2, 0.25) is 0 Å². The molecule has 0 amide bonds. The largest absolute Gasteiger partial charge is 0.474 e. The Labute approximate surface area is 135 Å². The van der Waals surface area contributed by atoms with Gasteiger partial charge in [0.15, 0.2) is 11.4 Å². The lowest BCUT2D eigenvalue weighted by molar-refractivity contribution is -0.138. The maximum absolute atomic E-state index is 13.0. The third-order valence-corrected chi connectivity index (χ3v) is 4.57. The molecule has 114 valence electrons. The second-order valence-electron chi connectivity index (χ2n) is 5.56. The van der Waals surface area contributed by atoms with Crippen LogP contribution in [0.3, 0.4) is 0 Å². The average Bonchev–Trinajstić information content (AvgIpc) is 2.60. The number of Topliss-reactive ketones (excluding diaryl/α,β-unsaturated/α-hetero) is 1. The third kappa shape index (κ3) is 2.53. The second-order valence-corrected chi connectivity index (χ2v) is 5.92. The Morgan fingerprint density at radius 3 is 2.59 bits per heavy atom. The zero-order chi connectivity index (χ0) is 15.6. The van der Waals surface area contributed by atoms with Gasteiger partial charge in [-0.15, -0.1) is 0 Å². The van der Waals surface area contributed by atoms with Gasteiger partial charge in [-0.25, -0.2) is 0 Å². The highest BCUT2D eigenvalue weighted by Crippen LogP contribution is 2.40. The van der Waals surface area contributed by atoms with Crippen molar-refractivity contribution in [3.63, 3.8) is 0 Å². The Morgan fingerprint density at radius 1 is 1.18 bits per heavy atom. The number of carbonyl (C=O) groups is 1. The van der Waals surface area contributed by atoms with Crippen molar-refractivity contribution in [2.24, 2.45) is 5.73 Å². The number of ketones is 1. The summed E-state index contributed by atoms with van der Waals surface area (Å²) in [5, 5.41) is 0. The molecule has 2 atom stereocenters. The quantitative estimate of drug-likeness (QED) is 0.853. The van der Waals surface area contributed by atoms with Crippen LogP contribution in [0.25, 0.3) is 0 Å². The van der Waals surface area contributed by atoms with E-state index in [-0.39, 0.29) is 5.78 Å². The van der Waals surface area contributed by atoms with E-state index in [0.29, 0.717) is 12.2 Å². The first-order valence-corrected chi connectivity index (χ1v) is 8.04. The summed E-state index contributed by atoms with van der Waals surface area (Å²) in [6, 6.07) is 16.8. The van der Waals surface area contributed by atoms with Crippen molar-refractivity contribution in [2.75, 3.05) is 5.75 Å². The molecule has 2 aromatic rings. The Kier molecular flexibility index (Phi) is 4.23. The smallest absolute Gasteiger partial charge is 0.198 e. The molecule has 2 N–H and O–H groups in total. The fourth-order valence-electron chi connectivity index (χ4n) is 2.97. The minimum atomic E-state index is -1.02. The number of para-hydroxylation sites is 1. The van der Waals surface area contributed by atoms with Crippen LogP contribution in [0, 0.1) is 0 Å². The number of thiol groups is 1. The molecule has 0 saturated carbocycles. The predicted octanol–water partition coefficient (Wildman–Crippen LogP) is 2.73. The number of hydrogen-bond donors (Lipinski definition) is 2. The van der Waals surface area contributed by atoms with Gasteiger partial charge in [0, 0.05) is 17.7 Å². The molecule has 0 fully saturated rings. The maximum Gasteiger partial charge on any atom is 0.198 e. The Morgan fingerprint density at radius 2 is 1.86 bits per heavy atom. The summed E-state index contributed by atoms with van der Waals surface area (Å²) in [7, 11) is 0. The monoisotopic (exact) mass is 313 g/mol. The number of fused-ring (bicyclic) bond motifs is 1. The van der Waals surface area contributed by atoms with Crippen molar-refractivity contribution >= 4 is 18.4 Å². The first kappa shape index (κ1) is 15.1. The van der Waals surface area contributed by atoms with Gasteiger partial charge in [-0.1, -0.05) is 48.5 Å². The van der Waals surface area contributed by atoms with Gasteiger partial charge in [0.2, 0.25) is 0 Å². The highest BCUT2D eigenvalue weighted by atomic mass is 32.1. The molecule has 3 nitrogen and oxygen atoms in total. The zero-order valence-electron chi connectivity index (χ0n) is 12.2. The summed E-state index contributed by atoms with van der Waals surface area (Å²) >= 11 is 4.18. The van der Waals surface area contributed by atoms with Crippen LogP contribution in [0.4, 0.5) is 0 Å². The summed E-state index contributed by atoms with van der Waals surface area (Å²) in [6.45, 7) is 0. The molecule has 0 saturated heterocycles. The third-order valence-electron chi connectivity index (χ3n) is 4.17. The molecule has 22 heavy (non-hydrogen) atoms. The summed E-state index contributed by atoms with van der Waals surface area (Å²) in [6.07, 6.45) is 1.38. The number of rotatable bonds is 4. The number of ether oxygens (including phenoxy) is 1. The lowest BCUT2D eigenvalue weighted by Crippen LogP contribution is -2.52. The van der Waals surface area contributed by atoms with Crippen LogP contribution in [-0.4, -0.2) is 17.6 Å². The maximum atomic E-state index is 13.0. The van der Waals surface area contributed by atoms with Crippen LogP contribution in [0.5, 0.6) is 5.75 Å². The summed E-state index contributed by atoms with van der Waals surface area (Å²) in [5.41, 5.74) is 6.95. The average molecular weight is 313 g/mol. The van der Waals surface area contributed by atoms with Crippen molar-refractivity contribution in [1.82, 2.24) is 0 Å². The van der Waals surface area contributed by atoms with Crippen LogP contribution < -0.4 is 10.5 Å². The molecule has 1 aliphatic rings. The van der Waals surface area contributed by atoms with E-state index < -0.39 is 11.6 Å². The molecule has 0 spiro atoms. The fraction of sp³-hybridized carbons (Fsp3) is 0.278. The lowest BCUT2D eigenvalue weighted by Gasteiger charge is -2.39. The van der Waals surface area contributed by atoms with Crippen LogP contribution in [0.1, 0.15) is 17.5 Å². The van der Waals surface area contributed by atoms with E-state index in [1.165, 1.54) is 0 Å². The Hall–Kier alpha value is -1.78. The molecule has 1 heterocycles. The summed E-state index contributed by atoms with van der Waals surface area (Å²) < 4.78 is 6.23. The van der Waals surface area contributed by atoms with Crippen LogP contribution in [-0.2, 0) is 16.8 Å². The minimum absolute atomic E-state index is 0.108. The fourth-order valence-corrected chi connectivity index (χ4v) is 3.13. The lowest BCUT2D eigenvalue weighted by atomic mass is 9.79. The van der Waals surface area contributed by atoms with Crippen molar-refractivity contribution in [3.05, 3.63) is 65.7 Å². The van der Waals surface area contributed by atoms with Gasteiger partial charge in [0.25, 0.3) is 0 Å². The van der Waals surface area contributed by atoms with Gasteiger partial charge < -0.3 is 10.5 Å². The molecule has 0 aliphatic carbocycles. The first-order chi connectivity index (χ1) is 10.7. The van der Waals surface area contributed by atoms with E-state index in [1.54, 1.807) is 0 Å². The van der Waals surface area contributed by atoms with Crippen LogP contribution in [0.15, 0.2) is 54.6 Å². The van der Waals surface area contributed by atoms with E-state index in [2.05, 4.69) is 12.6 Å². The molecule has 3 rings (SSSR count). The van der Waals surface area contributed by atoms with Crippen molar-refractivity contribution in [1.29, 1.82) is 0 Å². The van der Waals surface area contributed by atoms with E-state index in [1.807, 2.05) is 54.6 Å². The van der Waals surface area contributed by atoms with E-state index in [4.69, 9.17) is 10.5 Å². The number of nitrogens with two attached hydrogens (primary N) is 1. The topological polar surface area (TPSA) is 52.3 Å². The number of hydrogen-bond acceptors (Lipinski definition) is 4. The summed E-state index contributed by atoms with van der Waals surface area (Å²) in [4.78, 5) is 13.0. The van der Waals surface area contributed by atoms with Gasteiger partial charge in [-0.05, 0) is 18.1 Å². The molecular weight excluding hydrogens is 294 g/mol. The van der Waals surface area contributed by atoms with Gasteiger partial charge in [0.05, 0.1) is 6.04 Å². The standard InChI is InChI=1S/C18H19NO2S/c19-15(12-22)17(20)18(14-7-2-1-3-8-14)11-10-13-6-4-5-9-16(13)21-18/h1-9,15,22H,10-12,19H2. The van der Waals surface area contributed by atoms with Crippen LogP contribution >= 0.6 is 12.6 Å². The van der Waals surface area contributed by atoms with Crippen molar-refractivity contribution in [2.45, 2.75) is 24.5 Å². The minimum Gasteiger partial charge on any atom is -0.474 e. The van der Waals surface area contributed by atoms with Gasteiger partial charge in [0.1, 0.15) is 5.75 Å². The molecule has 0 radical (unpaired) electrons. The Bertz CT molecular complexity index is 674. The predicted molar refractivity (Wildman–Crippen MR) is 90.3 cm³/mol. The number of aryl methyl sites for hydroxylation is 1. The number of benzene rings is 2. The highest BCUT2D eigenvalue weighted by Gasteiger charge is 2.46. The molecule has 2 unspecified atom stereocenters. The highest BCUT2D eigenvalue weighted by molar-refractivity contribution is 7.80. The van der Waals surface area contributed by atoms with Gasteiger partial charge >= 0.3 is 0 Å². The van der Waals surface area contributed by atoms with Crippen molar-refractivity contribution < 1.29 is 9.53 Å². The molecule has 1 aliphatic heterocycles. The zero-order valence-corrected chi connectivity index (χ0v) is 13.1. The molecule has 0 aromatic heterocycles. The van der Waals surface area contributed by atoms with E-state index >= 15 is 0 Å². The van der Waals surface area contributed by atoms with E-state index in [9.17, 15) is 4.79 Å². The molecule has 2 aromatic carbocycles. The first-order valence-electron chi connectivity index (χ1n) is 7.40. The SMILES string of the molecule is NC(CS)C(=O)C1(c2ccccc2)CCc2ccccc2O1. The second kappa shape index (κ2) is 6.15. The summed E-state index contributed by atoms with van der Waals surface area (Å²) in [5.74, 6) is 0.957. The molecule has 4 heteroatoms. The molecule has 0 bridgehead atoms. The van der Waals surface area contributed by atoms with Crippen molar-refractivity contribution in [3.8, 4) is 5.75 Å². The molecular formula is C18H19NO2S. The Balaban J connectivity index is 2.08.